The van der Waals surface area contributed by atoms with Gasteiger partial charge < -0.3 is 0 Å². The van der Waals surface area contributed by atoms with Crippen LogP contribution in [0.25, 0.3) is 5.82 Å². The van der Waals surface area contributed by atoms with Crippen LogP contribution in [-0.4, -0.2) is 24.7 Å². The Labute approximate surface area is 99.2 Å². The summed E-state index contributed by atoms with van der Waals surface area (Å²) in [7, 11) is 0. The van der Waals surface area contributed by atoms with Gasteiger partial charge in [-0.3, -0.25) is 10.1 Å². The van der Waals surface area contributed by atoms with Crippen LogP contribution in [0.15, 0.2) is 18.6 Å². The Bertz CT molecular complexity index is 631. The van der Waals surface area contributed by atoms with Crippen molar-refractivity contribution >= 4 is 17.3 Å². The normalized spacial score (nSPS) is 9.88. The fraction of sp³-hybridized carbons (Fsp3) is 0. The van der Waals surface area contributed by atoms with Crippen molar-refractivity contribution < 1.29 is 4.92 Å². The van der Waals surface area contributed by atoms with E-state index in [-0.39, 0.29) is 22.4 Å². The molecule has 17 heavy (non-hydrogen) atoms. The number of hydrogen-bond donors (Lipinski definition) is 0. The highest BCUT2D eigenvalue weighted by Gasteiger charge is 2.19. The number of aromatic nitrogens is 4. The van der Waals surface area contributed by atoms with Gasteiger partial charge in [0.25, 0.3) is 5.82 Å². The lowest BCUT2D eigenvalue weighted by molar-refractivity contribution is -0.384. The number of rotatable bonds is 2. The summed E-state index contributed by atoms with van der Waals surface area (Å²) in [5.74, 6) is -0.149. The Kier molecular flexibility index (Phi) is 2.68. The number of nitrogens with zero attached hydrogens (tertiary/aromatic N) is 6. The Balaban J connectivity index is 2.59. The molecule has 2 aromatic rings. The molecule has 0 radical (unpaired) electrons. The minimum Gasteiger partial charge on any atom is -0.258 e. The van der Waals surface area contributed by atoms with Crippen molar-refractivity contribution in [2.45, 2.75) is 0 Å². The molecule has 8 nitrogen and oxygen atoms in total. The summed E-state index contributed by atoms with van der Waals surface area (Å²) in [6.45, 7) is 0. The first-order chi connectivity index (χ1) is 8.11. The molecule has 0 saturated carbocycles. The summed E-state index contributed by atoms with van der Waals surface area (Å²) in [6, 6.07) is 2.86. The van der Waals surface area contributed by atoms with Crippen molar-refractivity contribution in [1.82, 2.24) is 19.7 Å². The van der Waals surface area contributed by atoms with Crippen molar-refractivity contribution in [2.24, 2.45) is 0 Å². The minimum atomic E-state index is -0.637. The van der Waals surface area contributed by atoms with Crippen LogP contribution in [0.2, 0.25) is 5.02 Å². The number of pyridine rings is 1. The molecule has 0 N–H and O–H groups in total. The summed E-state index contributed by atoms with van der Waals surface area (Å²) in [4.78, 5) is 17.6. The van der Waals surface area contributed by atoms with Crippen molar-refractivity contribution in [1.29, 1.82) is 5.26 Å². The molecule has 0 saturated heterocycles. The van der Waals surface area contributed by atoms with Crippen LogP contribution in [0.5, 0.6) is 0 Å². The largest absolute Gasteiger partial charge is 0.315 e. The van der Waals surface area contributed by atoms with Gasteiger partial charge in [-0.05, 0) is 0 Å². The first-order valence-corrected chi connectivity index (χ1v) is 4.61. The highest BCUT2D eigenvalue weighted by molar-refractivity contribution is 6.30. The zero-order valence-corrected chi connectivity index (χ0v) is 8.87. The van der Waals surface area contributed by atoms with E-state index in [9.17, 15) is 10.1 Å². The van der Waals surface area contributed by atoms with Gasteiger partial charge in [-0.1, -0.05) is 11.6 Å². The summed E-state index contributed by atoms with van der Waals surface area (Å²) in [5, 5.41) is 23.2. The van der Waals surface area contributed by atoms with Crippen LogP contribution in [0.4, 0.5) is 5.69 Å². The van der Waals surface area contributed by atoms with Crippen LogP contribution in [-0.2, 0) is 0 Å². The van der Waals surface area contributed by atoms with Gasteiger partial charge in [0.1, 0.15) is 12.4 Å². The van der Waals surface area contributed by atoms with Crippen molar-refractivity contribution in [2.75, 3.05) is 0 Å². The molecule has 0 fully saturated rings. The van der Waals surface area contributed by atoms with Crippen molar-refractivity contribution in [3.8, 4) is 11.9 Å². The zero-order valence-electron chi connectivity index (χ0n) is 8.11. The SMILES string of the molecule is N#Cc1ncn(-c2ncc(Cl)cc2[N+](=O)[O-])n1. The van der Waals surface area contributed by atoms with Crippen LogP contribution >= 0.6 is 11.6 Å². The number of halogens is 1. The second-order valence-electron chi connectivity index (χ2n) is 2.88. The van der Waals surface area contributed by atoms with E-state index in [0.29, 0.717) is 0 Å². The lowest BCUT2D eigenvalue weighted by Gasteiger charge is -2.00. The third kappa shape index (κ3) is 2.04. The van der Waals surface area contributed by atoms with Crippen LogP contribution in [0, 0.1) is 21.4 Å². The quantitative estimate of drug-likeness (QED) is 0.583. The van der Waals surface area contributed by atoms with Crippen molar-refractivity contribution in [3.05, 3.63) is 39.6 Å². The van der Waals surface area contributed by atoms with E-state index >= 15 is 0 Å². The molecule has 0 unspecified atom stereocenters. The Morgan fingerprint density at radius 2 is 2.29 bits per heavy atom. The summed E-state index contributed by atoms with van der Waals surface area (Å²) >= 11 is 5.62. The summed E-state index contributed by atoms with van der Waals surface area (Å²) in [6.07, 6.45) is 2.42. The van der Waals surface area contributed by atoms with Crippen LogP contribution in [0.3, 0.4) is 0 Å². The van der Waals surface area contributed by atoms with Crippen molar-refractivity contribution in [3.63, 3.8) is 0 Å². The molecule has 84 valence electrons. The minimum absolute atomic E-state index is 0.0478. The molecule has 0 aliphatic carbocycles. The second-order valence-corrected chi connectivity index (χ2v) is 3.31. The van der Waals surface area contributed by atoms with Gasteiger partial charge in [0, 0.05) is 12.3 Å². The molecule has 9 heteroatoms. The van der Waals surface area contributed by atoms with Crippen LogP contribution in [0.1, 0.15) is 5.82 Å². The molecule has 0 bridgehead atoms. The molecule has 2 heterocycles. The Morgan fingerprint density at radius 3 is 2.88 bits per heavy atom. The van der Waals surface area contributed by atoms with E-state index in [1.807, 2.05) is 0 Å². The van der Waals surface area contributed by atoms with E-state index in [1.165, 1.54) is 12.5 Å². The van der Waals surface area contributed by atoms with Crippen LogP contribution < -0.4 is 0 Å². The van der Waals surface area contributed by atoms with Gasteiger partial charge in [-0.2, -0.15) is 9.94 Å². The van der Waals surface area contributed by atoms with E-state index in [2.05, 4.69) is 15.1 Å². The smallest absolute Gasteiger partial charge is 0.258 e. The molecular formula is C8H3ClN6O2. The molecule has 0 amide bonds. The molecule has 2 aromatic heterocycles. The number of nitro groups is 1. The van der Waals surface area contributed by atoms with E-state index in [4.69, 9.17) is 16.9 Å². The zero-order chi connectivity index (χ0) is 12.4. The number of nitriles is 1. The third-order valence-corrected chi connectivity index (χ3v) is 2.03. The maximum absolute atomic E-state index is 10.8. The fourth-order valence-corrected chi connectivity index (χ4v) is 1.30. The maximum Gasteiger partial charge on any atom is 0.315 e. The first-order valence-electron chi connectivity index (χ1n) is 4.24. The molecule has 0 aliphatic rings. The monoisotopic (exact) mass is 250 g/mol. The molecule has 0 aromatic carbocycles. The van der Waals surface area contributed by atoms with Gasteiger partial charge >= 0.3 is 5.69 Å². The average molecular weight is 251 g/mol. The van der Waals surface area contributed by atoms with Gasteiger partial charge in [-0.25, -0.2) is 9.97 Å². The molecule has 2 rings (SSSR count). The predicted octanol–water partition coefficient (Wildman–Crippen LogP) is 1.10. The predicted molar refractivity (Wildman–Crippen MR) is 55.5 cm³/mol. The molecule has 0 atom stereocenters. The standard InChI is InChI=1S/C8H3ClN6O2/c9-5-1-6(15(16)17)8(11-3-5)14-4-12-7(2-10)13-14/h1,3-4H. The highest BCUT2D eigenvalue weighted by Crippen LogP contribution is 2.23. The average Bonchev–Trinajstić information content (AvgIpc) is 2.77. The van der Waals surface area contributed by atoms with E-state index in [1.54, 1.807) is 6.07 Å². The van der Waals surface area contributed by atoms with E-state index in [0.717, 1.165) is 10.7 Å². The van der Waals surface area contributed by atoms with Gasteiger partial charge in [0.2, 0.25) is 5.82 Å². The topological polar surface area (TPSA) is 111 Å². The summed E-state index contributed by atoms with van der Waals surface area (Å²) in [5.41, 5.74) is -0.313. The molecular weight excluding hydrogens is 248 g/mol. The Hall–Kier alpha value is -2.53. The lowest BCUT2D eigenvalue weighted by Crippen LogP contribution is -2.03. The second kappa shape index (κ2) is 4.15. The van der Waals surface area contributed by atoms with Gasteiger partial charge in [0.05, 0.1) is 9.95 Å². The number of hydrogen-bond acceptors (Lipinski definition) is 6. The van der Waals surface area contributed by atoms with E-state index < -0.39 is 4.92 Å². The maximum atomic E-state index is 10.8. The lowest BCUT2D eigenvalue weighted by atomic mass is 10.4. The molecule has 0 aliphatic heterocycles. The van der Waals surface area contributed by atoms with Gasteiger partial charge in [0.15, 0.2) is 0 Å². The fourth-order valence-electron chi connectivity index (χ4n) is 1.15. The Morgan fingerprint density at radius 1 is 1.53 bits per heavy atom. The summed E-state index contributed by atoms with van der Waals surface area (Å²) < 4.78 is 1.05. The first kappa shape index (κ1) is 11.0. The van der Waals surface area contributed by atoms with Gasteiger partial charge in [-0.15, -0.1) is 5.10 Å². The third-order valence-electron chi connectivity index (χ3n) is 1.82. The molecule has 0 spiro atoms. The highest BCUT2D eigenvalue weighted by atomic mass is 35.5.